The Morgan fingerprint density at radius 2 is 2.11 bits per heavy atom. The Morgan fingerprint density at radius 3 is 2.68 bits per heavy atom. The van der Waals surface area contributed by atoms with Crippen molar-refractivity contribution in [3.8, 4) is 0 Å². The van der Waals surface area contributed by atoms with E-state index in [1.165, 1.54) is 11.0 Å². The van der Waals surface area contributed by atoms with Crippen molar-refractivity contribution in [2.45, 2.75) is 6.54 Å². The highest BCUT2D eigenvalue weighted by Crippen LogP contribution is 2.23. The highest BCUT2D eigenvalue weighted by molar-refractivity contribution is 6.42. The van der Waals surface area contributed by atoms with Gasteiger partial charge in [0, 0.05) is 19.7 Å². The molecule has 0 saturated carbocycles. The number of H-pyrrole nitrogens is 1. The van der Waals surface area contributed by atoms with Crippen LogP contribution in [0.4, 0.5) is 5.82 Å². The van der Waals surface area contributed by atoms with Crippen molar-refractivity contribution >= 4 is 34.9 Å². The Hall–Kier alpha value is -1.72. The quantitative estimate of drug-likeness (QED) is 0.914. The molecule has 0 saturated heterocycles. The molecular formula is C12H12Cl2N4O. The van der Waals surface area contributed by atoms with Gasteiger partial charge in [0.15, 0.2) is 0 Å². The second kappa shape index (κ2) is 5.50. The third-order valence-corrected chi connectivity index (χ3v) is 3.32. The number of nitrogen functional groups attached to an aromatic ring is 1. The van der Waals surface area contributed by atoms with Crippen molar-refractivity contribution in [3.63, 3.8) is 0 Å². The highest BCUT2D eigenvalue weighted by atomic mass is 35.5. The van der Waals surface area contributed by atoms with Gasteiger partial charge in [0.2, 0.25) is 0 Å². The van der Waals surface area contributed by atoms with E-state index in [4.69, 9.17) is 28.9 Å². The number of amides is 1. The Morgan fingerprint density at radius 1 is 1.37 bits per heavy atom. The average molecular weight is 299 g/mol. The standard InChI is InChI=1S/C12H12Cl2N4O/c1-18(12(19)10-5-11(15)17-16-10)6-7-2-3-8(13)9(14)4-7/h2-5H,6H2,1H3,(H3,15,16,17). The summed E-state index contributed by atoms with van der Waals surface area (Å²) in [5.74, 6) is 0.0848. The molecule has 1 amide bonds. The number of carbonyl (C=O) groups is 1. The van der Waals surface area contributed by atoms with Gasteiger partial charge in [-0.25, -0.2) is 0 Å². The molecule has 3 N–H and O–H groups in total. The molecule has 1 aromatic heterocycles. The van der Waals surface area contributed by atoms with Crippen LogP contribution in [0.25, 0.3) is 0 Å². The third-order valence-electron chi connectivity index (χ3n) is 2.58. The molecule has 0 bridgehead atoms. The second-order valence-corrected chi connectivity index (χ2v) is 4.93. The van der Waals surface area contributed by atoms with Gasteiger partial charge < -0.3 is 10.6 Å². The molecule has 0 atom stereocenters. The van der Waals surface area contributed by atoms with Crippen molar-refractivity contribution in [1.29, 1.82) is 0 Å². The topological polar surface area (TPSA) is 75.0 Å². The lowest BCUT2D eigenvalue weighted by molar-refractivity contribution is 0.0779. The number of hydrogen-bond acceptors (Lipinski definition) is 3. The summed E-state index contributed by atoms with van der Waals surface area (Å²) in [6.07, 6.45) is 0. The van der Waals surface area contributed by atoms with Crippen LogP contribution in [0.5, 0.6) is 0 Å². The zero-order valence-corrected chi connectivity index (χ0v) is 11.7. The van der Waals surface area contributed by atoms with Gasteiger partial charge in [-0.2, -0.15) is 5.10 Å². The average Bonchev–Trinajstić information content (AvgIpc) is 2.79. The molecule has 7 heteroatoms. The first-order valence-electron chi connectivity index (χ1n) is 5.47. The van der Waals surface area contributed by atoms with Crippen LogP contribution in [0.15, 0.2) is 24.3 Å². The van der Waals surface area contributed by atoms with E-state index in [1.54, 1.807) is 19.2 Å². The molecule has 1 aromatic carbocycles. The van der Waals surface area contributed by atoms with Crippen LogP contribution in [-0.4, -0.2) is 28.1 Å². The largest absolute Gasteiger partial charge is 0.382 e. The predicted molar refractivity (Wildman–Crippen MR) is 75.3 cm³/mol. The maximum absolute atomic E-state index is 12.1. The number of aromatic amines is 1. The van der Waals surface area contributed by atoms with E-state index in [2.05, 4.69) is 10.2 Å². The van der Waals surface area contributed by atoms with Crippen LogP contribution in [0.1, 0.15) is 16.1 Å². The SMILES string of the molecule is CN(Cc1ccc(Cl)c(Cl)c1)C(=O)c1cc(N)n[nH]1. The van der Waals surface area contributed by atoms with E-state index in [-0.39, 0.29) is 11.7 Å². The zero-order chi connectivity index (χ0) is 14.0. The molecule has 100 valence electrons. The van der Waals surface area contributed by atoms with Crippen LogP contribution in [0.3, 0.4) is 0 Å². The number of halogens is 2. The van der Waals surface area contributed by atoms with Crippen LogP contribution in [0.2, 0.25) is 10.0 Å². The van der Waals surface area contributed by atoms with Gasteiger partial charge in [-0.15, -0.1) is 0 Å². The molecule has 0 aliphatic heterocycles. The maximum atomic E-state index is 12.1. The van der Waals surface area contributed by atoms with Gasteiger partial charge in [-0.1, -0.05) is 29.3 Å². The normalized spacial score (nSPS) is 10.5. The maximum Gasteiger partial charge on any atom is 0.271 e. The first-order valence-corrected chi connectivity index (χ1v) is 6.23. The lowest BCUT2D eigenvalue weighted by Gasteiger charge is -2.16. The Balaban J connectivity index is 2.10. The second-order valence-electron chi connectivity index (χ2n) is 4.12. The number of nitrogens with one attached hydrogen (secondary N) is 1. The minimum atomic E-state index is -0.199. The predicted octanol–water partition coefficient (Wildman–Crippen LogP) is 2.57. The third kappa shape index (κ3) is 3.19. The van der Waals surface area contributed by atoms with Gasteiger partial charge in [0.25, 0.3) is 5.91 Å². The van der Waals surface area contributed by atoms with Crippen molar-refractivity contribution in [2.75, 3.05) is 12.8 Å². The number of benzene rings is 1. The number of anilines is 1. The van der Waals surface area contributed by atoms with Crippen molar-refractivity contribution < 1.29 is 4.79 Å². The number of nitrogens with zero attached hydrogens (tertiary/aromatic N) is 2. The van der Waals surface area contributed by atoms with Crippen LogP contribution in [0, 0.1) is 0 Å². The Labute approximate surface area is 120 Å². The van der Waals surface area contributed by atoms with E-state index in [0.717, 1.165) is 5.56 Å². The van der Waals surface area contributed by atoms with E-state index in [1.807, 2.05) is 6.07 Å². The number of carbonyl (C=O) groups excluding carboxylic acids is 1. The number of hydrogen-bond donors (Lipinski definition) is 2. The first kappa shape index (κ1) is 13.7. The molecule has 0 fully saturated rings. The molecule has 0 radical (unpaired) electrons. The fourth-order valence-corrected chi connectivity index (χ4v) is 1.96. The molecule has 0 aliphatic carbocycles. The summed E-state index contributed by atoms with van der Waals surface area (Å²) < 4.78 is 0. The van der Waals surface area contributed by atoms with E-state index in [9.17, 15) is 4.79 Å². The van der Waals surface area contributed by atoms with E-state index >= 15 is 0 Å². The van der Waals surface area contributed by atoms with Gasteiger partial charge in [-0.05, 0) is 17.7 Å². The number of nitrogens with two attached hydrogens (primary N) is 1. The Kier molecular flexibility index (Phi) is 3.97. The summed E-state index contributed by atoms with van der Waals surface area (Å²) in [6, 6.07) is 6.74. The number of rotatable bonds is 3. The molecule has 19 heavy (non-hydrogen) atoms. The fraction of sp³-hybridized carbons (Fsp3) is 0.167. The molecule has 1 heterocycles. The fourth-order valence-electron chi connectivity index (χ4n) is 1.64. The molecule has 0 unspecified atom stereocenters. The van der Waals surface area contributed by atoms with Crippen LogP contribution < -0.4 is 5.73 Å². The minimum Gasteiger partial charge on any atom is -0.382 e. The summed E-state index contributed by atoms with van der Waals surface area (Å²) in [7, 11) is 1.68. The van der Waals surface area contributed by atoms with E-state index < -0.39 is 0 Å². The smallest absolute Gasteiger partial charge is 0.271 e. The molecule has 0 spiro atoms. The summed E-state index contributed by atoms with van der Waals surface area (Å²) >= 11 is 11.8. The number of aromatic nitrogens is 2. The van der Waals surface area contributed by atoms with Gasteiger partial charge in [-0.3, -0.25) is 9.89 Å². The molecule has 2 aromatic rings. The lowest BCUT2D eigenvalue weighted by Crippen LogP contribution is -2.26. The zero-order valence-electron chi connectivity index (χ0n) is 10.2. The highest BCUT2D eigenvalue weighted by Gasteiger charge is 2.14. The monoisotopic (exact) mass is 298 g/mol. The minimum absolute atomic E-state index is 0.199. The lowest BCUT2D eigenvalue weighted by atomic mass is 10.2. The summed E-state index contributed by atoms with van der Waals surface area (Å²) in [5, 5.41) is 7.25. The van der Waals surface area contributed by atoms with Crippen molar-refractivity contribution in [3.05, 3.63) is 45.6 Å². The van der Waals surface area contributed by atoms with Crippen molar-refractivity contribution in [2.24, 2.45) is 0 Å². The molecule has 5 nitrogen and oxygen atoms in total. The van der Waals surface area contributed by atoms with Crippen molar-refractivity contribution in [1.82, 2.24) is 15.1 Å². The van der Waals surface area contributed by atoms with Gasteiger partial charge >= 0.3 is 0 Å². The molecule has 2 rings (SSSR count). The molecular weight excluding hydrogens is 287 g/mol. The summed E-state index contributed by atoms with van der Waals surface area (Å²) in [5.41, 5.74) is 6.69. The van der Waals surface area contributed by atoms with Gasteiger partial charge in [0.05, 0.1) is 10.0 Å². The first-order chi connectivity index (χ1) is 8.97. The van der Waals surface area contributed by atoms with Crippen LogP contribution in [-0.2, 0) is 6.54 Å². The summed E-state index contributed by atoms with van der Waals surface area (Å²) in [6.45, 7) is 0.411. The van der Waals surface area contributed by atoms with Gasteiger partial charge in [0.1, 0.15) is 11.5 Å². The summed E-state index contributed by atoms with van der Waals surface area (Å²) in [4.78, 5) is 13.6. The van der Waals surface area contributed by atoms with E-state index in [0.29, 0.717) is 22.3 Å². The molecule has 0 aliphatic rings. The van der Waals surface area contributed by atoms with Crippen LogP contribution >= 0.6 is 23.2 Å². The Bertz CT molecular complexity index is 612.